The Morgan fingerprint density at radius 1 is 1.38 bits per heavy atom. The quantitative estimate of drug-likeness (QED) is 0.831. The summed E-state index contributed by atoms with van der Waals surface area (Å²) in [5.41, 5.74) is -0.105. The number of piperidine rings is 1. The predicted molar refractivity (Wildman–Crippen MR) is 85.4 cm³/mol. The zero-order chi connectivity index (χ0) is 15.5. The molecular weight excluding hydrogens is 308 g/mol. The molecule has 1 fully saturated rings. The molecule has 0 aromatic carbocycles. The van der Waals surface area contributed by atoms with E-state index in [-0.39, 0.29) is 5.41 Å². The van der Waals surface area contributed by atoms with Gasteiger partial charge in [0.05, 0.1) is 11.5 Å². The molecule has 0 unspecified atom stereocenters. The monoisotopic (exact) mass is 332 g/mol. The number of aryl methyl sites for hydroxylation is 2. The van der Waals surface area contributed by atoms with E-state index in [1.807, 2.05) is 13.8 Å². The minimum atomic E-state index is -3.44. The summed E-state index contributed by atoms with van der Waals surface area (Å²) in [5, 5.41) is 3.31. The van der Waals surface area contributed by atoms with Gasteiger partial charge in [-0.15, -0.1) is 11.3 Å². The first-order chi connectivity index (χ1) is 9.88. The van der Waals surface area contributed by atoms with Gasteiger partial charge < -0.3 is 10.1 Å². The highest BCUT2D eigenvalue weighted by Crippen LogP contribution is 2.30. The summed E-state index contributed by atoms with van der Waals surface area (Å²) in [4.78, 5) is 2.26. The molecule has 0 amide bonds. The van der Waals surface area contributed by atoms with Crippen LogP contribution in [0.3, 0.4) is 0 Å². The third-order valence-electron chi connectivity index (χ3n) is 4.04. The van der Waals surface area contributed by atoms with Gasteiger partial charge in [0, 0.05) is 28.8 Å². The van der Waals surface area contributed by atoms with Gasteiger partial charge >= 0.3 is 0 Å². The van der Waals surface area contributed by atoms with Crippen molar-refractivity contribution in [3.63, 3.8) is 0 Å². The van der Waals surface area contributed by atoms with Crippen LogP contribution in [0.15, 0.2) is 11.0 Å². The number of ether oxygens (including phenoxy) is 1. The summed E-state index contributed by atoms with van der Waals surface area (Å²) < 4.78 is 33.1. The van der Waals surface area contributed by atoms with Gasteiger partial charge in [0.2, 0.25) is 10.0 Å². The maximum atomic E-state index is 12.5. The lowest BCUT2D eigenvalue weighted by molar-refractivity contribution is 0.0577. The zero-order valence-electron chi connectivity index (χ0n) is 12.9. The Balaban J connectivity index is 2.11. The summed E-state index contributed by atoms with van der Waals surface area (Å²) in [7, 11) is -1.77. The van der Waals surface area contributed by atoms with E-state index in [4.69, 9.17) is 4.74 Å². The molecule has 0 radical (unpaired) electrons. The normalized spacial score (nSPS) is 18.8. The zero-order valence-corrected chi connectivity index (χ0v) is 14.5. The Kier molecular flexibility index (Phi) is 5.43. The smallest absolute Gasteiger partial charge is 0.241 e. The van der Waals surface area contributed by atoms with Gasteiger partial charge in [-0.3, -0.25) is 0 Å². The van der Waals surface area contributed by atoms with E-state index in [1.165, 1.54) is 11.3 Å². The number of hydrogen-bond acceptors (Lipinski definition) is 5. The molecule has 2 N–H and O–H groups in total. The van der Waals surface area contributed by atoms with Crippen LogP contribution >= 0.6 is 11.3 Å². The fourth-order valence-corrected chi connectivity index (χ4v) is 5.55. The fourth-order valence-electron chi connectivity index (χ4n) is 2.84. The van der Waals surface area contributed by atoms with Crippen LogP contribution < -0.4 is 10.0 Å². The van der Waals surface area contributed by atoms with Gasteiger partial charge in [0.15, 0.2) is 0 Å². The van der Waals surface area contributed by atoms with Crippen molar-refractivity contribution in [1.82, 2.24) is 10.0 Å². The molecule has 1 aliphatic rings. The predicted octanol–water partition coefficient (Wildman–Crippen LogP) is 1.66. The molecule has 1 aromatic rings. The van der Waals surface area contributed by atoms with Crippen LogP contribution in [0.25, 0.3) is 0 Å². The fraction of sp³-hybridized carbons (Fsp3) is 0.714. The lowest BCUT2D eigenvalue weighted by Gasteiger charge is -2.37. The van der Waals surface area contributed by atoms with Gasteiger partial charge in [0.1, 0.15) is 0 Å². The van der Waals surface area contributed by atoms with E-state index in [1.54, 1.807) is 13.2 Å². The van der Waals surface area contributed by atoms with E-state index >= 15 is 0 Å². The SMILES string of the molecule is COCC1(CNS(=O)(=O)c2cc(C)sc2C)CCNCC1. The van der Waals surface area contributed by atoms with Crippen molar-refractivity contribution in [2.24, 2.45) is 5.41 Å². The van der Waals surface area contributed by atoms with Crippen molar-refractivity contribution < 1.29 is 13.2 Å². The molecule has 7 heteroatoms. The van der Waals surface area contributed by atoms with Crippen LogP contribution in [0.1, 0.15) is 22.6 Å². The molecule has 0 spiro atoms. The second-order valence-corrected chi connectivity index (χ2v) is 8.98. The number of methoxy groups -OCH3 is 1. The van der Waals surface area contributed by atoms with Crippen molar-refractivity contribution in [2.45, 2.75) is 31.6 Å². The number of nitrogens with one attached hydrogen (secondary N) is 2. The van der Waals surface area contributed by atoms with Gasteiger partial charge in [-0.25, -0.2) is 13.1 Å². The van der Waals surface area contributed by atoms with Crippen molar-refractivity contribution >= 4 is 21.4 Å². The third kappa shape index (κ3) is 4.04. The number of rotatable bonds is 6. The van der Waals surface area contributed by atoms with Crippen molar-refractivity contribution in [3.8, 4) is 0 Å². The van der Waals surface area contributed by atoms with Gasteiger partial charge in [-0.2, -0.15) is 0 Å². The van der Waals surface area contributed by atoms with Crippen molar-refractivity contribution in [1.29, 1.82) is 0 Å². The molecule has 2 heterocycles. The Bertz CT molecular complexity index is 570. The molecule has 1 aliphatic heterocycles. The highest BCUT2D eigenvalue weighted by Gasteiger charge is 2.34. The second-order valence-electron chi connectivity index (χ2n) is 5.79. The molecular formula is C14H24N2O3S2. The van der Waals surface area contributed by atoms with Crippen LogP contribution in [-0.2, 0) is 14.8 Å². The minimum absolute atomic E-state index is 0.105. The number of thiophene rings is 1. The average molecular weight is 332 g/mol. The van der Waals surface area contributed by atoms with Gasteiger partial charge in [-0.1, -0.05) is 0 Å². The summed E-state index contributed by atoms with van der Waals surface area (Å²) in [6, 6.07) is 1.74. The summed E-state index contributed by atoms with van der Waals surface area (Å²) >= 11 is 1.51. The highest BCUT2D eigenvalue weighted by molar-refractivity contribution is 7.89. The summed E-state index contributed by atoms with van der Waals surface area (Å²) in [6.07, 6.45) is 1.84. The maximum absolute atomic E-state index is 12.5. The van der Waals surface area contributed by atoms with Crippen molar-refractivity contribution in [2.75, 3.05) is 33.4 Å². The Labute approximate surface area is 131 Å². The first-order valence-corrected chi connectivity index (χ1v) is 9.45. The van der Waals surface area contributed by atoms with Crippen LogP contribution in [0, 0.1) is 19.3 Å². The molecule has 1 aromatic heterocycles. The van der Waals surface area contributed by atoms with E-state index in [9.17, 15) is 8.42 Å². The van der Waals surface area contributed by atoms with Gasteiger partial charge in [0.25, 0.3) is 0 Å². The van der Waals surface area contributed by atoms with E-state index < -0.39 is 10.0 Å². The van der Waals surface area contributed by atoms with Crippen LogP contribution in [0.4, 0.5) is 0 Å². The van der Waals surface area contributed by atoms with E-state index in [0.29, 0.717) is 18.0 Å². The Morgan fingerprint density at radius 2 is 2.05 bits per heavy atom. The average Bonchev–Trinajstić information content (AvgIpc) is 2.78. The third-order valence-corrected chi connectivity index (χ3v) is 6.66. The summed E-state index contributed by atoms with van der Waals surface area (Å²) in [6.45, 7) is 6.60. The van der Waals surface area contributed by atoms with Crippen LogP contribution in [0.2, 0.25) is 0 Å². The molecule has 0 saturated carbocycles. The molecule has 0 aliphatic carbocycles. The standard InChI is InChI=1S/C14H24N2O3S2/c1-11-8-13(12(2)20-11)21(17,18)16-9-14(10-19-3)4-6-15-7-5-14/h8,15-16H,4-7,9-10H2,1-3H3. The van der Waals surface area contributed by atoms with Crippen molar-refractivity contribution in [3.05, 3.63) is 15.8 Å². The molecule has 2 rings (SSSR count). The highest BCUT2D eigenvalue weighted by atomic mass is 32.2. The first-order valence-electron chi connectivity index (χ1n) is 7.15. The lowest BCUT2D eigenvalue weighted by atomic mass is 9.80. The molecule has 21 heavy (non-hydrogen) atoms. The molecule has 0 atom stereocenters. The van der Waals surface area contributed by atoms with Crippen LogP contribution in [0.5, 0.6) is 0 Å². The Morgan fingerprint density at radius 3 is 2.57 bits per heavy atom. The molecule has 120 valence electrons. The minimum Gasteiger partial charge on any atom is -0.384 e. The van der Waals surface area contributed by atoms with Crippen LogP contribution in [-0.4, -0.2) is 41.8 Å². The largest absolute Gasteiger partial charge is 0.384 e. The van der Waals surface area contributed by atoms with E-state index in [0.717, 1.165) is 35.7 Å². The number of hydrogen-bond donors (Lipinski definition) is 2. The number of sulfonamides is 1. The molecule has 1 saturated heterocycles. The summed E-state index contributed by atoms with van der Waals surface area (Å²) in [5.74, 6) is 0. The lowest BCUT2D eigenvalue weighted by Crippen LogP contribution is -2.47. The molecule has 0 bridgehead atoms. The Hall–Kier alpha value is -0.470. The maximum Gasteiger partial charge on any atom is 0.241 e. The van der Waals surface area contributed by atoms with Gasteiger partial charge in [-0.05, 0) is 45.8 Å². The topological polar surface area (TPSA) is 67.4 Å². The first kappa shape index (κ1) is 16.9. The second kappa shape index (κ2) is 6.75. The van der Waals surface area contributed by atoms with E-state index in [2.05, 4.69) is 10.0 Å². The molecule has 5 nitrogen and oxygen atoms in total.